The number of rotatable bonds is 5. The number of hydrogen-bond acceptors (Lipinski definition) is 2. The topological polar surface area (TPSA) is 41.1 Å². The second-order valence-corrected chi connectivity index (χ2v) is 6.03. The number of amides is 1. The quantitative estimate of drug-likeness (QED) is 0.821. The molecule has 2 rings (SSSR count). The first kappa shape index (κ1) is 19.0. The van der Waals surface area contributed by atoms with Gasteiger partial charge in [0.15, 0.2) is 0 Å². The van der Waals surface area contributed by atoms with Crippen LogP contribution in [0.15, 0.2) is 48.5 Å². The Kier molecular flexibility index (Phi) is 5.85. The summed E-state index contributed by atoms with van der Waals surface area (Å²) in [4.78, 5) is 12.3. The Bertz CT molecular complexity index is 726. The molecule has 2 atom stereocenters. The maximum atomic E-state index is 12.6. The van der Waals surface area contributed by atoms with Crippen molar-refractivity contribution in [3.8, 4) is 0 Å². The minimum Gasteiger partial charge on any atom is -0.325 e. The van der Waals surface area contributed by atoms with Crippen molar-refractivity contribution in [2.75, 3.05) is 5.32 Å². The van der Waals surface area contributed by atoms with E-state index in [1.165, 1.54) is 12.1 Å². The standard InChI is InChI=1S/C19H21F3N2O/c1-12-6-4-5-7-17(12)13(2)23-14(3)18(25)24-16-10-8-15(9-11-16)19(20,21)22/h4-11,13-14,23H,1-3H3,(H,24,25)/t13-,14-/m0/s1. The van der Waals surface area contributed by atoms with Crippen molar-refractivity contribution < 1.29 is 18.0 Å². The number of halogens is 3. The van der Waals surface area contributed by atoms with Crippen molar-refractivity contribution in [3.05, 3.63) is 65.2 Å². The maximum absolute atomic E-state index is 12.6. The molecule has 0 aliphatic rings. The van der Waals surface area contributed by atoms with Gasteiger partial charge in [0.05, 0.1) is 11.6 Å². The molecule has 0 spiro atoms. The highest BCUT2D eigenvalue weighted by Crippen LogP contribution is 2.29. The van der Waals surface area contributed by atoms with Gasteiger partial charge in [0.1, 0.15) is 0 Å². The number of nitrogens with one attached hydrogen (secondary N) is 2. The molecule has 2 aromatic rings. The van der Waals surface area contributed by atoms with Crippen LogP contribution in [0.5, 0.6) is 0 Å². The summed E-state index contributed by atoms with van der Waals surface area (Å²) in [5.41, 5.74) is 1.80. The molecular formula is C19H21F3N2O. The van der Waals surface area contributed by atoms with Crippen LogP contribution in [-0.4, -0.2) is 11.9 Å². The highest BCUT2D eigenvalue weighted by molar-refractivity contribution is 5.94. The van der Waals surface area contributed by atoms with Crippen LogP contribution >= 0.6 is 0 Å². The van der Waals surface area contributed by atoms with Crippen LogP contribution in [-0.2, 0) is 11.0 Å². The second-order valence-electron chi connectivity index (χ2n) is 6.03. The van der Waals surface area contributed by atoms with Crippen LogP contribution < -0.4 is 10.6 Å². The van der Waals surface area contributed by atoms with Crippen molar-refractivity contribution >= 4 is 11.6 Å². The molecule has 3 nitrogen and oxygen atoms in total. The van der Waals surface area contributed by atoms with E-state index in [0.717, 1.165) is 23.3 Å². The van der Waals surface area contributed by atoms with E-state index in [-0.39, 0.29) is 11.9 Å². The van der Waals surface area contributed by atoms with Crippen LogP contribution in [0.2, 0.25) is 0 Å². The molecule has 2 N–H and O–H groups in total. The number of alkyl halides is 3. The zero-order chi connectivity index (χ0) is 18.6. The molecule has 0 aliphatic heterocycles. The molecule has 0 saturated heterocycles. The molecule has 0 fully saturated rings. The molecule has 0 bridgehead atoms. The lowest BCUT2D eigenvalue weighted by Gasteiger charge is -2.21. The van der Waals surface area contributed by atoms with Crippen LogP contribution in [0.25, 0.3) is 0 Å². The third-order valence-corrected chi connectivity index (χ3v) is 4.03. The number of hydrogen-bond donors (Lipinski definition) is 2. The highest BCUT2D eigenvalue weighted by Gasteiger charge is 2.30. The lowest BCUT2D eigenvalue weighted by atomic mass is 10.0. The third kappa shape index (κ3) is 5.06. The monoisotopic (exact) mass is 350 g/mol. The Hall–Kier alpha value is -2.34. The van der Waals surface area contributed by atoms with E-state index in [1.807, 2.05) is 38.1 Å². The Morgan fingerprint density at radius 2 is 1.60 bits per heavy atom. The average molecular weight is 350 g/mol. The fraction of sp³-hybridized carbons (Fsp3) is 0.316. The Morgan fingerprint density at radius 3 is 2.16 bits per heavy atom. The van der Waals surface area contributed by atoms with E-state index in [9.17, 15) is 18.0 Å². The average Bonchev–Trinajstić information content (AvgIpc) is 2.54. The first-order valence-corrected chi connectivity index (χ1v) is 7.98. The predicted molar refractivity (Wildman–Crippen MR) is 92.3 cm³/mol. The molecule has 0 unspecified atom stereocenters. The predicted octanol–water partition coefficient (Wildman–Crippen LogP) is 4.69. The Labute approximate surface area is 145 Å². The van der Waals surface area contributed by atoms with Gasteiger partial charge in [-0.3, -0.25) is 10.1 Å². The van der Waals surface area contributed by atoms with Crippen LogP contribution in [0.4, 0.5) is 18.9 Å². The summed E-state index contributed by atoms with van der Waals surface area (Å²) in [5.74, 6) is -0.305. The van der Waals surface area contributed by atoms with Gasteiger partial charge in [-0.05, 0) is 56.2 Å². The molecule has 2 aromatic carbocycles. The number of benzene rings is 2. The Balaban J connectivity index is 1.97. The molecule has 1 amide bonds. The van der Waals surface area contributed by atoms with E-state index >= 15 is 0 Å². The minimum absolute atomic E-state index is 0.0328. The second kappa shape index (κ2) is 7.70. The van der Waals surface area contributed by atoms with E-state index in [0.29, 0.717) is 5.69 Å². The summed E-state index contributed by atoms with van der Waals surface area (Å²) in [6.07, 6.45) is -4.39. The van der Waals surface area contributed by atoms with Crippen molar-refractivity contribution in [2.24, 2.45) is 0 Å². The normalized spacial score (nSPS) is 14.0. The minimum atomic E-state index is -4.39. The van der Waals surface area contributed by atoms with Gasteiger partial charge in [0, 0.05) is 11.7 Å². The summed E-state index contributed by atoms with van der Waals surface area (Å²) in [7, 11) is 0. The number of carbonyl (C=O) groups is 1. The fourth-order valence-corrected chi connectivity index (χ4v) is 2.61. The van der Waals surface area contributed by atoms with Gasteiger partial charge in [0.2, 0.25) is 5.91 Å². The molecule has 134 valence electrons. The Morgan fingerprint density at radius 1 is 1.00 bits per heavy atom. The van der Waals surface area contributed by atoms with Crippen LogP contribution in [0.1, 0.15) is 36.6 Å². The number of anilines is 1. The first-order valence-electron chi connectivity index (χ1n) is 7.98. The summed E-state index contributed by atoms with van der Waals surface area (Å²) in [6, 6.07) is 11.7. The van der Waals surface area contributed by atoms with Gasteiger partial charge in [-0.2, -0.15) is 13.2 Å². The summed E-state index contributed by atoms with van der Waals surface area (Å²) in [5, 5.41) is 5.82. The highest BCUT2D eigenvalue weighted by atomic mass is 19.4. The third-order valence-electron chi connectivity index (χ3n) is 4.03. The van der Waals surface area contributed by atoms with Crippen LogP contribution in [0.3, 0.4) is 0 Å². The first-order chi connectivity index (χ1) is 11.7. The van der Waals surface area contributed by atoms with Gasteiger partial charge >= 0.3 is 6.18 Å². The van der Waals surface area contributed by atoms with E-state index in [4.69, 9.17) is 0 Å². The van der Waals surface area contributed by atoms with Crippen molar-refractivity contribution in [1.82, 2.24) is 5.32 Å². The zero-order valence-corrected chi connectivity index (χ0v) is 14.3. The molecule has 6 heteroatoms. The van der Waals surface area contributed by atoms with Crippen molar-refractivity contribution in [1.29, 1.82) is 0 Å². The SMILES string of the molecule is Cc1ccccc1[C@H](C)N[C@@H](C)C(=O)Nc1ccc(C(F)(F)F)cc1. The molecule has 0 aromatic heterocycles. The summed E-state index contributed by atoms with van der Waals surface area (Å²) >= 11 is 0. The molecule has 0 radical (unpaired) electrons. The van der Waals surface area contributed by atoms with Crippen LogP contribution in [0, 0.1) is 6.92 Å². The summed E-state index contributed by atoms with van der Waals surface area (Å²) < 4.78 is 37.7. The lowest BCUT2D eigenvalue weighted by Crippen LogP contribution is -2.39. The zero-order valence-electron chi connectivity index (χ0n) is 14.3. The molecular weight excluding hydrogens is 329 g/mol. The summed E-state index contributed by atoms with van der Waals surface area (Å²) in [6.45, 7) is 5.68. The number of aryl methyl sites for hydroxylation is 1. The van der Waals surface area contributed by atoms with Gasteiger partial charge in [0.25, 0.3) is 0 Å². The molecule has 0 aliphatic carbocycles. The largest absolute Gasteiger partial charge is 0.416 e. The maximum Gasteiger partial charge on any atom is 0.416 e. The smallest absolute Gasteiger partial charge is 0.325 e. The molecule has 25 heavy (non-hydrogen) atoms. The van der Waals surface area contributed by atoms with E-state index in [1.54, 1.807) is 6.92 Å². The van der Waals surface area contributed by atoms with Crippen molar-refractivity contribution in [2.45, 2.75) is 39.0 Å². The van der Waals surface area contributed by atoms with Crippen molar-refractivity contribution in [3.63, 3.8) is 0 Å². The van der Waals surface area contributed by atoms with Gasteiger partial charge in [-0.1, -0.05) is 24.3 Å². The molecule has 0 saturated carbocycles. The fourth-order valence-electron chi connectivity index (χ4n) is 2.61. The van der Waals surface area contributed by atoms with Gasteiger partial charge in [-0.15, -0.1) is 0 Å². The number of carbonyl (C=O) groups excluding carboxylic acids is 1. The lowest BCUT2D eigenvalue weighted by molar-refractivity contribution is -0.137. The van der Waals surface area contributed by atoms with E-state index < -0.39 is 17.8 Å². The molecule has 0 heterocycles. The van der Waals surface area contributed by atoms with E-state index in [2.05, 4.69) is 10.6 Å². The van der Waals surface area contributed by atoms with Gasteiger partial charge < -0.3 is 5.32 Å². The van der Waals surface area contributed by atoms with Gasteiger partial charge in [-0.25, -0.2) is 0 Å².